The molecule has 1 aliphatic heterocycles. The molecule has 0 bridgehead atoms. The average molecular weight is 315 g/mol. The number of benzene rings is 1. The Morgan fingerprint density at radius 3 is 2.91 bits per heavy atom. The zero-order valence-electron chi connectivity index (χ0n) is 12.3. The number of aryl methyl sites for hydroxylation is 1. The molecule has 112 valence electrons. The summed E-state index contributed by atoms with van der Waals surface area (Å²) in [5, 5.41) is 10.3. The number of fused-ring (bicyclic) bond motifs is 1. The van der Waals surface area contributed by atoms with Crippen molar-refractivity contribution >= 4 is 35.5 Å². The minimum Gasteiger partial charge on any atom is -0.423 e. The quantitative estimate of drug-likeness (QED) is 0.680. The highest BCUT2D eigenvalue weighted by Crippen LogP contribution is 2.20. The molecular formula is C15H14BNO4S. The molecule has 3 rings (SSSR count). The third-order valence-electron chi connectivity index (χ3n) is 3.60. The van der Waals surface area contributed by atoms with E-state index in [2.05, 4.69) is 4.98 Å². The Hall–Kier alpha value is -1.83. The molecule has 0 fully saturated rings. The summed E-state index contributed by atoms with van der Waals surface area (Å²) in [5.74, 6) is -0.128. The van der Waals surface area contributed by atoms with E-state index in [4.69, 9.17) is 4.65 Å². The number of Topliss-reactive ketones (excluding diaryl/α,β-unsaturated/α-hetero) is 2. The summed E-state index contributed by atoms with van der Waals surface area (Å²) < 4.78 is 5.12. The van der Waals surface area contributed by atoms with Gasteiger partial charge < -0.3 is 9.68 Å². The average Bonchev–Trinajstić information content (AvgIpc) is 3.02. The third kappa shape index (κ3) is 2.75. The molecule has 0 saturated carbocycles. The Morgan fingerprint density at radius 1 is 1.45 bits per heavy atom. The van der Waals surface area contributed by atoms with E-state index in [-0.39, 0.29) is 18.0 Å². The van der Waals surface area contributed by atoms with Crippen LogP contribution >= 0.6 is 11.3 Å². The first-order valence-corrected chi connectivity index (χ1v) is 7.70. The fraction of sp³-hybridized carbons (Fsp3) is 0.267. The van der Waals surface area contributed by atoms with E-state index in [1.165, 1.54) is 18.3 Å². The van der Waals surface area contributed by atoms with Crippen molar-refractivity contribution in [2.24, 2.45) is 0 Å². The fourth-order valence-electron chi connectivity index (χ4n) is 2.48. The molecule has 1 N–H and O–H groups in total. The Bertz CT molecular complexity index is 771. The monoisotopic (exact) mass is 315 g/mol. The van der Waals surface area contributed by atoms with Gasteiger partial charge in [0.25, 0.3) is 0 Å². The Labute approximate surface area is 132 Å². The van der Waals surface area contributed by atoms with Gasteiger partial charge in [-0.2, -0.15) is 0 Å². The van der Waals surface area contributed by atoms with Gasteiger partial charge in [0.15, 0.2) is 11.6 Å². The summed E-state index contributed by atoms with van der Waals surface area (Å²) in [6.07, 6.45) is 0.147. The molecule has 0 spiro atoms. The number of carbonyl (C=O) groups excluding carboxylic acids is 2. The van der Waals surface area contributed by atoms with Crippen LogP contribution in [-0.4, -0.2) is 28.7 Å². The van der Waals surface area contributed by atoms with Crippen LogP contribution in [0.2, 0.25) is 0 Å². The lowest BCUT2D eigenvalue weighted by molar-refractivity contribution is 0.0990. The van der Waals surface area contributed by atoms with Crippen LogP contribution in [0.3, 0.4) is 0 Å². The molecule has 0 aliphatic carbocycles. The predicted octanol–water partition coefficient (Wildman–Crippen LogP) is 1.30. The first-order chi connectivity index (χ1) is 10.5. The van der Waals surface area contributed by atoms with Gasteiger partial charge in [-0.25, -0.2) is 4.98 Å². The summed E-state index contributed by atoms with van der Waals surface area (Å²) in [4.78, 5) is 28.7. The predicted molar refractivity (Wildman–Crippen MR) is 83.7 cm³/mol. The van der Waals surface area contributed by atoms with Gasteiger partial charge in [0.1, 0.15) is 5.01 Å². The van der Waals surface area contributed by atoms with E-state index in [0.29, 0.717) is 33.2 Å². The summed E-state index contributed by atoms with van der Waals surface area (Å²) in [6.45, 7) is 3.62. The Morgan fingerprint density at radius 2 is 2.23 bits per heavy atom. The maximum absolute atomic E-state index is 12.4. The van der Waals surface area contributed by atoms with Gasteiger partial charge >= 0.3 is 7.12 Å². The molecule has 22 heavy (non-hydrogen) atoms. The van der Waals surface area contributed by atoms with Crippen LogP contribution in [0.25, 0.3) is 0 Å². The van der Waals surface area contributed by atoms with Crippen LogP contribution in [0.4, 0.5) is 0 Å². The lowest BCUT2D eigenvalue weighted by Gasteiger charge is -2.03. The molecule has 1 aromatic carbocycles. The second-order valence-electron chi connectivity index (χ2n) is 5.26. The van der Waals surface area contributed by atoms with Crippen LogP contribution in [0.1, 0.15) is 43.2 Å². The number of hydrogen-bond donors (Lipinski definition) is 1. The fourth-order valence-corrected chi connectivity index (χ4v) is 3.44. The van der Waals surface area contributed by atoms with Crippen LogP contribution in [0.5, 0.6) is 0 Å². The van der Waals surface area contributed by atoms with E-state index >= 15 is 0 Å². The van der Waals surface area contributed by atoms with Crippen molar-refractivity contribution in [2.75, 3.05) is 0 Å². The lowest BCUT2D eigenvalue weighted by Crippen LogP contribution is -2.28. The number of thiazole rings is 1. The van der Waals surface area contributed by atoms with Crippen molar-refractivity contribution in [3.8, 4) is 0 Å². The normalized spacial score (nSPS) is 13.3. The molecular weight excluding hydrogens is 301 g/mol. The van der Waals surface area contributed by atoms with Crippen molar-refractivity contribution in [3.63, 3.8) is 0 Å². The van der Waals surface area contributed by atoms with Crippen molar-refractivity contribution in [3.05, 3.63) is 44.9 Å². The summed E-state index contributed by atoms with van der Waals surface area (Å²) in [6, 6.07) is 5.20. The number of carbonyl (C=O) groups is 2. The number of ketones is 2. The highest BCUT2D eigenvalue weighted by molar-refractivity contribution is 7.13. The van der Waals surface area contributed by atoms with Gasteiger partial charge in [-0.3, -0.25) is 9.59 Å². The van der Waals surface area contributed by atoms with Crippen LogP contribution < -0.4 is 5.46 Å². The molecule has 5 nitrogen and oxygen atoms in total. The van der Waals surface area contributed by atoms with Crippen molar-refractivity contribution in [2.45, 2.75) is 26.9 Å². The van der Waals surface area contributed by atoms with Crippen molar-refractivity contribution in [1.29, 1.82) is 0 Å². The molecule has 0 atom stereocenters. The van der Waals surface area contributed by atoms with E-state index < -0.39 is 7.12 Å². The largest absolute Gasteiger partial charge is 0.491 e. The zero-order valence-corrected chi connectivity index (χ0v) is 13.1. The minimum absolute atomic E-state index is 0.0356. The molecule has 0 amide bonds. The van der Waals surface area contributed by atoms with Crippen molar-refractivity contribution < 1.29 is 19.3 Å². The minimum atomic E-state index is -0.964. The third-order valence-corrected chi connectivity index (χ3v) is 4.86. The number of aromatic nitrogens is 1. The molecule has 0 radical (unpaired) electrons. The van der Waals surface area contributed by atoms with Crippen molar-refractivity contribution in [1.82, 2.24) is 4.98 Å². The molecule has 0 unspecified atom stereocenters. The van der Waals surface area contributed by atoms with Gasteiger partial charge in [0.2, 0.25) is 0 Å². The van der Waals surface area contributed by atoms with Gasteiger partial charge in [-0.05, 0) is 17.9 Å². The van der Waals surface area contributed by atoms with Gasteiger partial charge in [-0.15, -0.1) is 11.3 Å². The zero-order chi connectivity index (χ0) is 15.9. The summed E-state index contributed by atoms with van der Waals surface area (Å²) >= 11 is 1.26. The summed E-state index contributed by atoms with van der Waals surface area (Å²) in [5.41, 5.74) is 2.72. The molecule has 0 saturated heterocycles. The topological polar surface area (TPSA) is 76.5 Å². The molecule has 2 heterocycles. The second kappa shape index (κ2) is 5.76. The first kappa shape index (κ1) is 15.1. The van der Waals surface area contributed by atoms with Gasteiger partial charge in [-0.1, -0.05) is 18.2 Å². The standard InChI is InChI=1S/C15H14BNO4S/c1-8-15(9(2)18)22-14(17-8)6-13(19)10-3-4-11-7-21-16(20)12(11)5-10/h3-5,20H,6-7H2,1-2H3. The Balaban J connectivity index is 1.82. The molecule has 7 heteroatoms. The van der Waals surface area contributed by atoms with E-state index in [1.807, 2.05) is 0 Å². The molecule has 2 aromatic rings. The Kier molecular flexibility index (Phi) is 3.95. The van der Waals surface area contributed by atoms with Crippen LogP contribution in [-0.2, 0) is 17.7 Å². The van der Waals surface area contributed by atoms with Crippen LogP contribution in [0, 0.1) is 6.92 Å². The number of hydrogen-bond acceptors (Lipinski definition) is 6. The number of rotatable bonds is 4. The van der Waals surface area contributed by atoms with E-state index in [1.54, 1.807) is 25.1 Å². The van der Waals surface area contributed by atoms with Crippen LogP contribution in [0.15, 0.2) is 18.2 Å². The maximum atomic E-state index is 12.4. The lowest BCUT2D eigenvalue weighted by atomic mass is 9.78. The SMILES string of the molecule is CC(=O)c1sc(CC(=O)c2ccc3c(c2)B(O)OC3)nc1C. The van der Waals surface area contributed by atoms with E-state index in [0.717, 1.165) is 5.56 Å². The molecule has 1 aromatic heterocycles. The highest BCUT2D eigenvalue weighted by Gasteiger charge is 2.28. The summed E-state index contributed by atoms with van der Waals surface area (Å²) in [7, 11) is -0.964. The maximum Gasteiger partial charge on any atom is 0.491 e. The first-order valence-electron chi connectivity index (χ1n) is 6.88. The smallest absolute Gasteiger partial charge is 0.423 e. The van der Waals surface area contributed by atoms with Gasteiger partial charge in [0, 0.05) is 12.5 Å². The number of nitrogens with zero attached hydrogens (tertiary/aromatic N) is 1. The van der Waals surface area contributed by atoms with Gasteiger partial charge in [0.05, 0.1) is 23.6 Å². The second-order valence-corrected chi connectivity index (χ2v) is 6.34. The highest BCUT2D eigenvalue weighted by atomic mass is 32.1. The van der Waals surface area contributed by atoms with E-state index in [9.17, 15) is 14.6 Å². The molecule has 1 aliphatic rings.